The number of carboxylic acid groups (broad SMARTS) is 1. The first-order chi connectivity index (χ1) is 12.6. The number of thiol groups is 1. The number of rotatable bonds is 9. The summed E-state index contributed by atoms with van der Waals surface area (Å²) >= 11 is 3.93. The van der Waals surface area contributed by atoms with Gasteiger partial charge in [-0.1, -0.05) is 13.8 Å². The van der Waals surface area contributed by atoms with Gasteiger partial charge in [-0.2, -0.15) is 12.6 Å². The number of nitrogens with one attached hydrogen (secondary N) is 2. The molecular formula is C17H30N4O5S. The molecule has 154 valence electrons. The van der Waals surface area contributed by atoms with Crippen molar-refractivity contribution in [3.05, 3.63) is 0 Å². The molecule has 4 atom stereocenters. The van der Waals surface area contributed by atoms with Gasteiger partial charge < -0.3 is 26.4 Å². The van der Waals surface area contributed by atoms with Gasteiger partial charge in [0, 0.05) is 12.3 Å². The third-order valence-electron chi connectivity index (χ3n) is 4.37. The number of nitrogens with zero attached hydrogens (tertiary/aromatic N) is 1. The van der Waals surface area contributed by atoms with Gasteiger partial charge in [0.15, 0.2) is 0 Å². The predicted molar refractivity (Wildman–Crippen MR) is 103 cm³/mol. The smallest absolute Gasteiger partial charge is 0.327 e. The minimum atomic E-state index is -1.18. The molecule has 0 aromatic rings. The molecule has 0 radical (unpaired) electrons. The van der Waals surface area contributed by atoms with E-state index in [0.29, 0.717) is 25.8 Å². The van der Waals surface area contributed by atoms with Crippen LogP contribution in [0.1, 0.15) is 40.0 Å². The van der Waals surface area contributed by atoms with Gasteiger partial charge in [-0.15, -0.1) is 0 Å². The highest BCUT2D eigenvalue weighted by atomic mass is 32.1. The van der Waals surface area contributed by atoms with Crippen LogP contribution in [-0.2, 0) is 19.2 Å². The van der Waals surface area contributed by atoms with Gasteiger partial charge in [-0.25, -0.2) is 4.79 Å². The first kappa shape index (κ1) is 23.2. The van der Waals surface area contributed by atoms with Crippen LogP contribution in [0.15, 0.2) is 0 Å². The van der Waals surface area contributed by atoms with Crippen LogP contribution in [0.2, 0.25) is 0 Å². The van der Waals surface area contributed by atoms with Crippen molar-refractivity contribution in [2.45, 2.75) is 64.2 Å². The van der Waals surface area contributed by atoms with Crippen molar-refractivity contribution in [2.75, 3.05) is 12.3 Å². The molecule has 0 aliphatic carbocycles. The highest BCUT2D eigenvalue weighted by molar-refractivity contribution is 7.80. The Balaban J connectivity index is 2.91. The van der Waals surface area contributed by atoms with Crippen LogP contribution >= 0.6 is 12.6 Å². The Bertz CT molecular complexity index is 570. The van der Waals surface area contributed by atoms with E-state index in [0.717, 1.165) is 0 Å². The average molecular weight is 403 g/mol. The van der Waals surface area contributed by atoms with Gasteiger partial charge in [0.1, 0.15) is 18.1 Å². The van der Waals surface area contributed by atoms with E-state index < -0.39 is 42.0 Å². The Kier molecular flexibility index (Phi) is 9.04. The monoisotopic (exact) mass is 402 g/mol. The van der Waals surface area contributed by atoms with Crippen LogP contribution in [0, 0.1) is 5.92 Å². The summed E-state index contributed by atoms with van der Waals surface area (Å²) in [5.74, 6) is -2.41. The summed E-state index contributed by atoms with van der Waals surface area (Å²) in [6, 6.07) is -3.42. The molecule has 1 heterocycles. The second-order valence-corrected chi connectivity index (χ2v) is 7.62. The maximum Gasteiger partial charge on any atom is 0.327 e. The Morgan fingerprint density at radius 3 is 2.30 bits per heavy atom. The van der Waals surface area contributed by atoms with E-state index >= 15 is 0 Å². The molecule has 0 aromatic heterocycles. The fraction of sp³-hybridized carbons (Fsp3) is 0.765. The number of carbonyl (C=O) groups is 4. The zero-order valence-corrected chi connectivity index (χ0v) is 16.9. The van der Waals surface area contributed by atoms with Crippen molar-refractivity contribution in [3.63, 3.8) is 0 Å². The quantitative estimate of drug-likeness (QED) is 0.325. The number of likely N-dealkylation sites (tertiary alicyclic amines) is 1. The molecule has 0 saturated carbocycles. The van der Waals surface area contributed by atoms with Crippen molar-refractivity contribution < 1.29 is 24.3 Å². The molecule has 1 aliphatic rings. The van der Waals surface area contributed by atoms with Gasteiger partial charge in [-0.05, 0) is 32.1 Å². The molecule has 1 aliphatic heterocycles. The third-order valence-corrected chi connectivity index (χ3v) is 4.74. The lowest BCUT2D eigenvalue weighted by molar-refractivity contribution is -0.144. The van der Waals surface area contributed by atoms with E-state index in [4.69, 9.17) is 10.8 Å². The van der Waals surface area contributed by atoms with Gasteiger partial charge in [0.2, 0.25) is 17.7 Å². The summed E-state index contributed by atoms with van der Waals surface area (Å²) in [5.41, 5.74) is 5.58. The molecule has 4 unspecified atom stereocenters. The molecule has 3 amide bonds. The predicted octanol–water partition coefficient (Wildman–Crippen LogP) is -0.645. The van der Waals surface area contributed by atoms with E-state index in [1.54, 1.807) is 0 Å². The van der Waals surface area contributed by atoms with Crippen molar-refractivity contribution in [1.82, 2.24) is 15.5 Å². The molecule has 0 bridgehead atoms. The number of carbonyl (C=O) groups excluding carboxylic acids is 3. The molecular weight excluding hydrogens is 372 g/mol. The first-order valence-electron chi connectivity index (χ1n) is 9.08. The molecule has 0 aromatic carbocycles. The number of carboxylic acids is 1. The van der Waals surface area contributed by atoms with E-state index in [1.807, 2.05) is 13.8 Å². The van der Waals surface area contributed by atoms with Crippen molar-refractivity contribution in [1.29, 1.82) is 0 Å². The van der Waals surface area contributed by atoms with E-state index in [2.05, 4.69) is 23.3 Å². The van der Waals surface area contributed by atoms with E-state index in [9.17, 15) is 19.2 Å². The lowest BCUT2D eigenvalue weighted by atomic mass is 10.0. The maximum atomic E-state index is 13.0. The summed E-state index contributed by atoms with van der Waals surface area (Å²) in [6.07, 6.45) is 1.47. The van der Waals surface area contributed by atoms with E-state index in [1.165, 1.54) is 11.8 Å². The van der Waals surface area contributed by atoms with Crippen molar-refractivity contribution in [3.8, 4) is 0 Å². The molecule has 0 spiro atoms. The summed E-state index contributed by atoms with van der Waals surface area (Å²) in [7, 11) is 0. The topological polar surface area (TPSA) is 142 Å². The summed E-state index contributed by atoms with van der Waals surface area (Å²) in [5, 5.41) is 14.2. The van der Waals surface area contributed by atoms with E-state index in [-0.39, 0.29) is 17.6 Å². The summed E-state index contributed by atoms with van der Waals surface area (Å²) in [6.45, 7) is 5.76. The van der Waals surface area contributed by atoms with Gasteiger partial charge in [-0.3, -0.25) is 14.4 Å². The summed E-state index contributed by atoms with van der Waals surface area (Å²) in [4.78, 5) is 50.0. The lowest BCUT2D eigenvalue weighted by Gasteiger charge is -2.30. The van der Waals surface area contributed by atoms with Crippen LogP contribution in [0.5, 0.6) is 0 Å². The zero-order chi connectivity index (χ0) is 20.7. The Hall–Kier alpha value is -1.81. The molecule has 9 nitrogen and oxygen atoms in total. The molecule has 1 fully saturated rings. The Labute approximate surface area is 164 Å². The second kappa shape index (κ2) is 10.5. The highest BCUT2D eigenvalue weighted by Gasteiger charge is 2.38. The number of nitrogens with two attached hydrogens (primary N) is 1. The lowest BCUT2D eigenvalue weighted by Crippen LogP contribution is -2.57. The highest BCUT2D eigenvalue weighted by Crippen LogP contribution is 2.20. The van der Waals surface area contributed by atoms with Crippen LogP contribution in [0.25, 0.3) is 0 Å². The summed E-state index contributed by atoms with van der Waals surface area (Å²) < 4.78 is 0. The van der Waals surface area contributed by atoms with Gasteiger partial charge in [0.05, 0.1) is 6.04 Å². The van der Waals surface area contributed by atoms with Crippen LogP contribution < -0.4 is 16.4 Å². The number of hydrogen-bond acceptors (Lipinski definition) is 6. The SMILES string of the molecule is CC(C)CC(NC(=O)C(C)N)C(=O)N1CCCC1C(=O)NC(CS)C(=O)O. The standard InChI is InChI=1S/C17H30N4O5S/c1-9(2)7-11(19-14(22)10(3)18)16(24)21-6-4-5-13(21)15(23)20-12(8-27)17(25)26/h9-13,27H,4-8,18H2,1-3H3,(H,19,22)(H,20,23)(H,25,26). The van der Waals surface area contributed by atoms with Crippen LogP contribution in [0.3, 0.4) is 0 Å². The molecule has 1 rings (SSSR count). The second-order valence-electron chi connectivity index (χ2n) is 7.25. The number of amides is 3. The molecule has 1 saturated heterocycles. The normalized spacial score (nSPS) is 20.1. The van der Waals surface area contributed by atoms with Crippen molar-refractivity contribution >= 4 is 36.3 Å². The van der Waals surface area contributed by atoms with Gasteiger partial charge in [0.25, 0.3) is 0 Å². The largest absolute Gasteiger partial charge is 0.480 e. The minimum absolute atomic E-state index is 0.0534. The number of aliphatic carboxylic acids is 1. The van der Waals surface area contributed by atoms with Crippen LogP contribution in [-0.4, -0.2) is 70.2 Å². The average Bonchev–Trinajstić information content (AvgIpc) is 3.06. The molecule has 10 heteroatoms. The number of hydrogen-bond donors (Lipinski definition) is 5. The first-order valence-corrected chi connectivity index (χ1v) is 9.72. The van der Waals surface area contributed by atoms with Gasteiger partial charge >= 0.3 is 5.97 Å². The van der Waals surface area contributed by atoms with Crippen LogP contribution in [0.4, 0.5) is 0 Å². The minimum Gasteiger partial charge on any atom is -0.480 e. The van der Waals surface area contributed by atoms with Crippen molar-refractivity contribution in [2.24, 2.45) is 11.7 Å². The Morgan fingerprint density at radius 1 is 1.19 bits per heavy atom. The molecule has 5 N–H and O–H groups in total. The fourth-order valence-electron chi connectivity index (χ4n) is 2.95. The fourth-order valence-corrected chi connectivity index (χ4v) is 3.20. The Morgan fingerprint density at radius 2 is 1.81 bits per heavy atom. The maximum absolute atomic E-state index is 13.0. The molecule has 27 heavy (non-hydrogen) atoms. The zero-order valence-electron chi connectivity index (χ0n) is 16.0. The third kappa shape index (κ3) is 6.69.